The second-order valence-corrected chi connectivity index (χ2v) is 12.0. The number of hydrogen-bond donors (Lipinski definition) is 4. The predicted molar refractivity (Wildman–Crippen MR) is 123 cm³/mol. The van der Waals surface area contributed by atoms with Crippen LogP contribution in [-0.4, -0.2) is 44.8 Å². The SMILES string of the molecule is CC(C)CC=CC(C)C1CCC2C3=CC(O)C4(O)CC(O)CCC4(CO)C3CCC21C. The lowest BCUT2D eigenvalue weighted by atomic mass is 9.45. The minimum absolute atomic E-state index is 0.0991. The third kappa shape index (κ3) is 3.48. The van der Waals surface area contributed by atoms with E-state index in [-0.39, 0.29) is 24.4 Å². The first kappa shape index (κ1) is 23.5. The predicted octanol–water partition coefficient (Wildman–Crippen LogP) is 4.22. The van der Waals surface area contributed by atoms with Crippen LogP contribution in [0.4, 0.5) is 0 Å². The van der Waals surface area contributed by atoms with Crippen molar-refractivity contribution in [3.05, 3.63) is 23.8 Å². The van der Waals surface area contributed by atoms with Gasteiger partial charge >= 0.3 is 0 Å². The minimum atomic E-state index is -1.44. The summed E-state index contributed by atoms with van der Waals surface area (Å²) in [4.78, 5) is 0. The number of hydrogen-bond acceptors (Lipinski definition) is 4. The lowest BCUT2D eigenvalue weighted by Gasteiger charge is -2.62. The Bertz CT molecular complexity index is 729. The van der Waals surface area contributed by atoms with Crippen LogP contribution in [0.2, 0.25) is 0 Å². The summed E-state index contributed by atoms with van der Waals surface area (Å²) in [5.41, 5.74) is -0.689. The van der Waals surface area contributed by atoms with Gasteiger partial charge in [-0.2, -0.15) is 0 Å². The summed E-state index contributed by atoms with van der Waals surface area (Å²) >= 11 is 0. The van der Waals surface area contributed by atoms with Crippen LogP contribution >= 0.6 is 0 Å². The third-order valence-electron chi connectivity index (χ3n) is 9.99. The molecule has 4 heteroatoms. The van der Waals surface area contributed by atoms with Gasteiger partial charge in [-0.05, 0) is 80.0 Å². The van der Waals surface area contributed by atoms with Crippen molar-refractivity contribution >= 4 is 0 Å². The van der Waals surface area contributed by atoms with Crippen molar-refractivity contribution in [3.8, 4) is 0 Å². The topological polar surface area (TPSA) is 80.9 Å². The molecule has 31 heavy (non-hydrogen) atoms. The van der Waals surface area contributed by atoms with Gasteiger partial charge in [-0.3, -0.25) is 0 Å². The molecule has 0 saturated heterocycles. The summed E-state index contributed by atoms with van der Waals surface area (Å²) in [6, 6.07) is 0. The molecular formula is C27H44O4. The van der Waals surface area contributed by atoms with Gasteiger partial charge in [0.1, 0.15) is 11.7 Å². The van der Waals surface area contributed by atoms with Crippen LogP contribution in [0.1, 0.15) is 79.1 Å². The number of rotatable bonds is 5. The third-order valence-corrected chi connectivity index (χ3v) is 9.99. The van der Waals surface area contributed by atoms with E-state index in [0.717, 1.165) is 25.7 Å². The highest BCUT2D eigenvalue weighted by molar-refractivity contribution is 5.34. The molecule has 0 aliphatic heterocycles. The molecule has 4 rings (SSSR count). The first-order chi connectivity index (χ1) is 14.6. The van der Waals surface area contributed by atoms with Crippen LogP contribution in [0, 0.1) is 40.4 Å². The molecular weight excluding hydrogens is 388 g/mol. The average Bonchev–Trinajstić information content (AvgIpc) is 3.06. The maximum Gasteiger partial charge on any atom is 0.105 e. The molecule has 4 aliphatic rings. The fourth-order valence-electron chi connectivity index (χ4n) is 8.27. The standard InChI is InChI=1S/C27H44O4/c1-17(2)6-5-7-18(3)21-8-9-22-20-14-24(30)27(31)15-19(29)10-13-26(27,16-28)23(20)11-12-25(21,22)4/h5,7,14,17-19,21-24,28-31H,6,8-13,15-16H2,1-4H3. The first-order valence-electron chi connectivity index (χ1n) is 12.7. The highest BCUT2D eigenvalue weighted by atomic mass is 16.3. The molecule has 9 unspecified atom stereocenters. The normalized spacial score (nSPS) is 48.3. The molecule has 4 N–H and O–H groups in total. The summed E-state index contributed by atoms with van der Waals surface area (Å²) in [5, 5.41) is 43.5. The molecule has 3 fully saturated rings. The van der Waals surface area contributed by atoms with Gasteiger partial charge in [0.25, 0.3) is 0 Å². The molecule has 0 aromatic rings. The van der Waals surface area contributed by atoms with Crippen molar-refractivity contribution in [2.75, 3.05) is 6.61 Å². The molecule has 0 bridgehead atoms. The molecule has 4 aliphatic carbocycles. The number of aliphatic hydroxyl groups excluding tert-OH is 3. The maximum atomic E-state index is 11.6. The lowest BCUT2D eigenvalue weighted by molar-refractivity contribution is -0.230. The van der Waals surface area contributed by atoms with Crippen LogP contribution in [0.15, 0.2) is 23.8 Å². The van der Waals surface area contributed by atoms with Crippen LogP contribution in [0.25, 0.3) is 0 Å². The summed E-state index contributed by atoms with van der Waals surface area (Å²) in [6.45, 7) is 9.19. The smallest absolute Gasteiger partial charge is 0.105 e. The quantitative estimate of drug-likeness (QED) is 0.490. The molecule has 9 atom stereocenters. The van der Waals surface area contributed by atoms with Gasteiger partial charge in [0.2, 0.25) is 0 Å². The van der Waals surface area contributed by atoms with E-state index in [1.807, 2.05) is 6.08 Å². The van der Waals surface area contributed by atoms with Gasteiger partial charge < -0.3 is 20.4 Å². The van der Waals surface area contributed by atoms with Crippen molar-refractivity contribution in [2.45, 2.75) is 96.9 Å². The van der Waals surface area contributed by atoms with E-state index in [9.17, 15) is 20.4 Å². The average molecular weight is 433 g/mol. The summed E-state index contributed by atoms with van der Waals surface area (Å²) in [7, 11) is 0. The Labute approximate surface area is 188 Å². The molecule has 4 nitrogen and oxygen atoms in total. The highest BCUT2D eigenvalue weighted by Crippen LogP contribution is 2.67. The zero-order valence-electron chi connectivity index (χ0n) is 19.9. The Morgan fingerprint density at radius 2 is 1.81 bits per heavy atom. The van der Waals surface area contributed by atoms with E-state index in [4.69, 9.17) is 0 Å². The number of allylic oxidation sites excluding steroid dienone is 3. The van der Waals surface area contributed by atoms with Crippen LogP contribution < -0.4 is 0 Å². The molecule has 0 aromatic heterocycles. The highest BCUT2D eigenvalue weighted by Gasteiger charge is 2.66. The second kappa shape index (κ2) is 8.27. The fourth-order valence-corrected chi connectivity index (χ4v) is 8.27. The van der Waals surface area contributed by atoms with E-state index < -0.39 is 23.2 Å². The van der Waals surface area contributed by atoms with E-state index in [1.54, 1.807) is 0 Å². The Morgan fingerprint density at radius 1 is 1.06 bits per heavy atom. The largest absolute Gasteiger partial charge is 0.396 e. The molecule has 176 valence electrons. The fraction of sp³-hybridized carbons (Fsp3) is 0.852. The Hall–Kier alpha value is -0.680. The van der Waals surface area contributed by atoms with Gasteiger partial charge in [-0.15, -0.1) is 0 Å². The summed E-state index contributed by atoms with van der Waals surface area (Å²) in [5.74, 6) is 2.35. The minimum Gasteiger partial charge on any atom is -0.396 e. The van der Waals surface area contributed by atoms with Gasteiger partial charge in [-0.1, -0.05) is 51.5 Å². The van der Waals surface area contributed by atoms with Crippen LogP contribution in [0.5, 0.6) is 0 Å². The molecule has 0 amide bonds. The van der Waals surface area contributed by atoms with Crippen LogP contribution in [-0.2, 0) is 0 Å². The van der Waals surface area contributed by atoms with Gasteiger partial charge in [0.05, 0.1) is 12.7 Å². The summed E-state index contributed by atoms with van der Waals surface area (Å²) in [6.07, 6.45) is 11.9. The molecule has 0 aromatic carbocycles. The Morgan fingerprint density at radius 3 is 2.48 bits per heavy atom. The molecule has 0 radical (unpaired) electrons. The van der Waals surface area contributed by atoms with Gasteiger partial charge in [0.15, 0.2) is 0 Å². The van der Waals surface area contributed by atoms with Crippen molar-refractivity contribution < 1.29 is 20.4 Å². The number of fused-ring (bicyclic) bond motifs is 5. The van der Waals surface area contributed by atoms with Crippen LogP contribution in [0.3, 0.4) is 0 Å². The Kier molecular flexibility index (Phi) is 6.26. The zero-order valence-corrected chi connectivity index (χ0v) is 19.9. The van der Waals surface area contributed by atoms with E-state index in [0.29, 0.717) is 36.5 Å². The van der Waals surface area contributed by atoms with Crippen molar-refractivity contribution in [1.82, 2.24) is 0 Å². The maximum absolute atomic E-state index is 11.6. The zero-order chi connectivity index (χ0) is 22.6. The van der Waals surface area contributed by atoms with Crippen molar-refractivity contribution in [1.29, 1.82) is 0 Å². The lowest BCUT2D eigenvalue weighted by Crippen LogP contribution is -2.68. The number of aliphatic hydroxyl groups is 4. The molecule has 0 spiro atoms. The molecule has 3 saturated carbocycles. The first-order valence-corrected chi connectivity index (χ1v) is 12.7. The van der Waals surface area contributed by atoms with E-state index >= 15 is 0 Å². The molecule has 0 heterocycles. The summed E-state index contributed by atoms with van der Waals surface area (Å²) < 4.78 is 0. The van der Waals surface area contributed by atoms with Crippen molar-refractivity contribution in [3.63, 3.8) is 0 Å². The Balaban J connectivity index is 1.64. The second-order valence-electron chi connectivity index (χ2n) is 12.0. The van der Waals surface area contributed by atoms with E-state index in [1.165, 1.54) is 12.0 Å². The van der Waals surface area contributed by atoms with Gasteiger partial charge in [0, 0.05) is 11.8 Å². The van der Waals surface area contributed by atoms with Gasteiger partial charge in [-0.25, -0.2) is 0 Å². The van der Waals surface area contributed by atoms with Crippen molar-refractivity contribution in [2.24, 2.45) is 40.4 Å². The monoisotopic (exact) mass is 432 g/mol. The van der Waals surface area contributed by atoms with E-state index in [2.05, 4.69) is 39.8 Å².